The number of hydrogen-bond donors (Lipinski definition) is 2. The van der Waals surface area contributed by atoms with Gasteiger partial charge in [0.25, 0.3) is 0 Å². The van der Waals surface area contributed by atoms with Gasteiger partial charge in [0.05, 0.1) is 7.11 Å². The lowest BCUT2D eigenvalue weighted by Gasteiger charge is -1.99. The van der Waals surface area contributed by atoms with Crippen molar-refractivity contribution in [2.75, 3.05) is 7.11 Å². The van der Waals surface area contributed by atoms with Gasteiger partial charge in [0, 0.05) is 23.6 Å². The molecule has 3 heteroatoms. The second-order valence-corrected chi connectivity index (χ2v) is 2.93. The van der Waals surface area contributed by atoms with Gasteiger partial charge in [0.1, 0.15) is 5.75 Å². The van der Waals surface area contributed by atoms with Gasteiger partial charge in [0.2, 0.25) is 0 Å². The van der Waals surface area contributed by atoms with Crippen LogP contribution >= 0.6 is 0 Å². The van der Waals surface area contributed by atoms with Crippen molar-refractivity contribution in [2.45, 2.75) is 34.2 Å². The number of methoxy groups -OCH3 is 1. The molecule has 1 heterocycles. The molecule has 17 heavy (non-hydrogen) atoms. The molecule has 0 aliphatic heterocycles. The van der Waals surface area contributed by atoms with Gasteiger partial charge in [-0.25, -0.2) is 0 Å². The lowest BCUT2D eigenvalue weighted by Crippen LogP contribution is -1.94. The van der Waals surface area contributed by atoms with Crippen LogP contribution in [0.3, 0.4) is 0 Å². The van der Waals surface area contributed by atoms with Crippen LogP contribution in [0.4, 0.5) is 0 Å². The Balaban J connectivity index is 0.000000581. The third-order valence-corrected chi connectivity index (χ3v) is 2.19. The van der Waals surface area contributed by atoms with Crippen LogP contribution in [-0.4, -0.2) is 12.1 Å². The van der Waals surface area contributed by atoms with E-state index in [-0.39, 0.29) is 0 Å². The minimum Gasteiger partial charge on any atom is -0.497 e. The first kappa shape index (κ1) is 15.5. The van der Waals surface area contributed by atoms with Gasteiger partial charge in [-0.05, 0) is 23.8 Å². The minimum absolute atomic E-state index is 0.549. The Kier molecular flexibility index (Phi) is 7.89. The third-order valence-electron chi connectivity index (χ3n) is 2.19. The van der Waals surface area contributed by atoms with Gasteiger partial charge in [-0.2, -0.15) is 0 Å². The van der Waals surface area contributed by atoms with Crippen molar-refractivity contribution in [3.8, 4) is 5.75 Å². The second-order valence-electron chi connectivity index (χ2n) is 2.93. The van der Waals surface area contributed by atoms with Crippen LogP contribution in [-0.2, 0) is 6.54 Å². The fourth-order valence-electron chi connectivity index (χ4n) is 1.45. The summed E-state index contributed by atoms with van der Waals surface area (Å²) in [5, 5.41) is 1.14. The van der Waals surface area contributed by atoms with Gasteiger partial charge < -0.3 is 15.5 Å². The predicted molar refractivity (Wildman–Crippen MR) is 75.4 cm³/mol. The molecule has 3 nitrogen and oxygen atoms in total. The van der Waals surface area contributed by atoms with Crippen molar-refractivity contribution in [2.24, 2.45) is 5.73 Å². The predicted octanol–water partition coefficient (Wildman–Crippen LogP) is 3.69. The topological polar surface area (TPSA) is 51.0 Å². The largest absolute Gasteiger partial charge is 0.497 e. The highest BCUT2D eigenvalue weighted by Gasteiger charge is 2.02. The van der Waals surface area contributed by atoms with Crippen molar-refractivity contribution in [1.29, 1.82) is 0 Å². The van der Waals surface area contributed by atoms with E-state index in [0.717, 1.165) is 22.2 Å². The first-order valence-electron chi connectivity index (χ1n) is 6.19. The molecule has 2 rings (SSSR count). The smallest absolute Gasteiger partial charge is 0.119 e. The molecule has 0 saturated heterocycles. The number of ether oxygens (including phenoxy) is 1. The summed E-state index contributed by atoms with van der Waals surface area (Å²) in [6.07, 6.45) is 1.93. The molecule has 96 valence electrons. The average molecular weight is 236 g/mol. The number of H-pyrrole nitrogens is 1. The van der Waals surface area contributed by atoms with E-state index in [2.05, 4.69) is 4.98 Å². The molecule has 0 atom stereocenters. The highest BCUT2D eigenvalue weighted by atomic mass is 16.5. The Morgan fingerprint density at radius 1 is 1.18 bits per heavy atom. The quantitative estimate of drug-likeness (QED) is 0.835. The van der Waals surface area contributed by atoms with Gasteiger partial charge in [0.15, 0.2) is 0 Å². The summed E-state index contributed by atoms with van der Waals surface area (Å²) in [6, 6.07) is 5.92. The lowest BCUT2D eigenvalue weighted by molar-refractivity contribution is 0.415. The summed E-state index contributed by atoms with van der Waals surface area (Å²) in [7, 11) is 1.66. The van der Waals surface area contributed by atoms with E-state index < -0.39 is 0 Å². The summed E-state index contributed by atoms with van der Waals surface area (Å²) < 4.78 is 5.14. The molecule has 0 radical (unpaired) electrons. The Labute approximate surface area is 104 Å². The van der Waals surface area contributed by atoms with Crippen molar-refractivity contribution in [1.82, 2.24) is 4.98 Å². The first-order chi connectivity index (χ1) is 8.35. The number of rotatable bonds is 2. The number of aromatic nitrogens is 1. The number of hydrogen-bond acceptors (Lipinski definition) is 2. The second kappa shape index (κ2) is 8.65. The molecule has 0 aliphatic carbocycles. The molecule has 0 spiro atoms. The summed E-state index contributed by atoms with van der Waals surface area (Å²) in [5.74, 6) is 0.863. The van der Waals surface area contributed by atoms with Crippen molar-refractivity contribution >= 4 is 10.9 Å². The molecule has 3 N–H and O–H groups in total. The van der Waals surface area contributed by atoms with E-state index in [0.29, 0.717) is 6.54 Å². The highest BCUT2D eigenvalue weighted by molar-refractivity contribution is 5.84. The number of benzene rings is 1. The van der Waals surface area contributed by atoms with Crippen molar-refractivity contribution < 1.29 is 4.74 Å². The van der Waals surface area contributed by atoms with E-state index in [1.807, 2.05) is 52.1 Å². The average Bonchev–Trinajstić information content (AvgIpc) is 2.85. The molecule has 0 amide bonds. The van der Waals surface area contributed by atoms with Crippen LogP contribution in [0, 0.1) is 0 Å². The Morgan fingerprint density at radius 3 is 2.35 bits per heavy atom. The maximum atomic E-state index is 5.59. The summed E-state index contributed by atoms with van der Waals surface area (Å²) in [4.78, 5) is 3.15. The standard InChI is InChI=1S/C10H12N2O.2C2H6/c1-13-8-2-3-10-9(4-8)7(5-11)6-12-10;2*1-2/h2-4,6,12H,5,11H2,1H3;2*1-2H3. The Morgan fingerprint density at radius 2 is 1.82 bits per heavy atom. The molecular weight excluding hydrogens is 212 g/mol. The minimum atomic E-state index is 0.549. The van der Waals surface area contributed by atoms with Gasteiger partial charge in [-0.15, -0.1) is 0 Å². The zero-order valence-electron chi connectivity index (χ0n) is 11.5. The SMILES string of the molecule is CC.CC.COc1ccc2[nH]cc(CN)c2c1. The maximum absolute atomic E-state index is 5.59. The van der Waals surface area contributed by atoms with E-state index in [9.17, 15) is 0 Å². The van der Waals surface area contributed by atoms with E-state index >= 15 is 0 Å². The van der Waals surface area contributed by atoms with E-state index in [1.165, 1.54) is 0 Å². The van der Waals surface area contributed by atoms with Crippen molar-refractivity contribution in [3.63, 3.8) is 0 Å². The van der Waals surface area contributed by atoms with Crippen LogP contribution in [0.15, 0.2) is 24.4 Å². The molecular formula is C14H24N2O. The third kappa shape index (κ3) is 3.79. The molecule has 0 fully saturated rings. The normalized spacial score (nSPS) is 8.82. The molecule has 1 aromatic carbocycles. The van der Waals surface area contributed by atoms with Gasteiger partial charge >= 0.3 is 0 Å². The highest BCUT2D eigenvalue weighted by Crippen LogP contribution is 2.22. The van der Waals surface area contributed by atoms with Crippen LogP contribution in [0.5, 0.6) is 5.75 Å². The van der Waals surface area contributed by atoms with Crippen LogP contribution in [0.2, 0.25) is 0 Å². The van der Waals surface area contributed by atoms with Crippen LogP contribution in [0.1, 0.15) is 33.3 Å². The first-order valence-corrected chi connectivity index (χ1v) is 6.19. The van der Waals surface area contributed by atoms with E-state index in [4.69, 9.17) is 10.5 Å². The van der Waals surface area contributed by atoms with E-state index in [1.54, 1.807) is 7.11 Å². The Hall–Kier alpha value is -1.48. The summed E-state index contributed by atoms with van der Waals surface area (Å²) >= 11 is 0. The molecule has 0 aliphatic rings. The van der Waals surface area contributed by atoms with Crippen molar-refractivity contribution in [3.05, 3.63) is 30.0 Å². The summed E-state index contributed by atoms with van der Waals surface area (Å²) in [6.45, 7) is 8.55. The lowest BCUT2D eigenvalue weighted by atomic mass is 10.2. The molecule has 1 aromatic heterocycles. The van der Waals surface area contributed by atoms with Gasteiger partial charge in [-0.3, -0.25) is 0 Å². The number of fused-ring (bicyclic) bond motifs is 1. The molecule has 2 aromatic rings. The molecule has 0 unspecified atom stereocenters. The van der Waals surface area contributed by atoms with Crippen LogP contribution in [0.25, 0.3) is 10.9 Å². The zero-order chi connectivity index (χ0) is 13.3. The monoisotopic (exact) mass is 236 g/mol. The maximum Gasteiger partial charge on any atom is 0.119 e. The Bertz CT molecular complexity index is 421. The fraction of sp³-hybridized carbons (Fsp3) is 0.429. The van der Waals surface area contributed by atoms with Gasteiger partial charge in [-0.1, -0.05) is 27.7 Å². The number of nitrogens with two attached hydrogens (primary N) is 1. The summed E-state index contributed by atoms with van der Waals surface area (Å²) in [5.41, 5.74) is 7.81. The molecule has 0 saturated carbocycles. The number of aromatic amines is 1. The molecule has 0 bridgehead atoms. The number of nitrogens with one attached hydrogen (secondary N) is 1. The zero-order valence-corrected chi connectivity index (χ0v) is 11.5. The fourth-order valence-corrected chi connectivity index (χ4v) is 1.45. The van der Waals surface area contributed by atoms with Crippen LogP contribution < -0.4 is 10.5 Å².